The molecule has 0 aliphatic rings. The Hall–Kier alpha value is -0.640. The summed E-state index contributed by atoms with van der Waals surface area (Å²) in [6.07, 6.45) is 4.22. The molecule has 0 fully saturated rings. The summed E-state index contributed by atoms with van der Waals surface area (Å²) < 4.78 is 0. The van der Waals surface area contributed by atoms with Crippen molar-refractivity contribution in [2.24, 2.45) is 0 Å². The molecule has 0 radical (unpaired) electrons. The van der Waals surface area contributed by atoms with Crippen molar-refractivity contribution in [3.05, 3.63) is 30.3 Å². The number of benzene rings is 1. The number of nitrogens with zero attached hydrogens (tertiary/aromatic N) is 1. The van der Waals surface area contributed by atoms with Gasteiger partial charge in [-0.15, -0.1) is 10.5 Å². The first kappa shape index (κ1) is 14.4. The van der Waals surface area contributed by atoms with Crippen molar-refractivity contribution >= 4 is 15.7 Å². The van der Waals surface area contributed by atoms with E-state index in [1.54, 1.807) is 0 Å². The standard InChI is InChI=1S/C14H23NOS/c1-4-11-15(12-5-2)14(16)17(3)13-9-7-6-8-10-13/h6-10,16H,4-5,11-12H2,1-3H3. The number of rotatable bonds is 5. The Labute approximate surface area is 107 Å². The van der Waals surface area contributed by atoms with Gasteiger partial charge in [0.25, 0.3) is 0 Å². The molecule has 96 valence electrons. The van der Waals surface area contributed by atoms with Crippen LogP contribution < -0.4 is 0 Å². The quantitative estimate of drug-likeness (QED) is 0.809. The molecule has 0 bridgehead atoms. The summed E-state index contributed by atoms with van der Waals surface area (Å²) in [6, 6.07) is 10.2. The van der Waals surface area contributed by atoms with E-state index in [-0.39, 0.29) is 10.5 Å². The summed E-state index contributed by atoms with van der Waals surface area (Å²) in [5.74, 6) is 0. The Balaban J connectivity index is 2.93. The minimum atomic E-state index is -0.213. The molecule has 2 nitrogen and oxygen atoms in total. The maximum Gasteiger partial charge on any atom is 0.149 e. The Morgan fingerprint density at radius 1 is 1.12 bits per heavy atom. The van der Waals surface area contributed by atoms with E-state index in [1.165, 1.54) is 4.90 Å². The van der Waals surface area contributed by atoms with Crippen LogP contribution in [0.4, 0.5) is 0 Å². The van der Waals surface area contributed by atoms with Crippen molar-refractivity contribution in [1.82, 2.24) is 4.90 Å². The molecule has 0 saturated carbocycles. The first-order chi connectivity index (χ1) is 8.20. The van der Waals surface area contributed by atoms with Crippen molar-refractivity contribution in [1.29, 1.82) is 0 Å². The fourth-order valence-corrected chi connectivity index (χ4v) is 3.11. The zero-order valence-electron chi connectivity index (χ0n) is 11.0. The Morgan fingerprint density at radius 2 is 1.65 bits per heavy atom. The van der Waals surface area contributed by atoms with E-state index < -0.39 is 0 Å². The Bertz CT molecular complexity index is 356. The predicted octanol–water partition coefficient (Wildman–Crippen LogP) is 3.71. The van der Waals surface area contributed by atoms with Gasteiger partial charge >= 0.3 is 0 Å². The summed E-state index contributed by atoms with van der Waals surface area (Å²) in [7, 11) is -0.213. The number of aliphatic hydroxyl groups is 1. The van der Waals surface area contributed by atoms with E-state index in [2.05, 4.69) is 37.1 Å². The first-order valence-electron chi connectivity index (χ1n) is 6.22. The molecular weight excluding hydrogens is 230 g/mol. The van der Waals surface area contributed by atoms with Crippen LogP contribution in [0.2, 0.25) is 0 Å². The molecule has 1 rings (SSSR count). The van der Waals surface area contributed by atoms with E-state index >= 15 is 0 Å². The fraction of sp³-hybridized carbons (Fsp3) is 0.500. The van der Waals surface area contributed by atoms with Gasteiger partial charge in [0.05, 0.1) is 0 Å². The summed E-state index contributed by atoms with van der Waals surface area (Å²) in [4.78, 5) is 3.30. The Kier molecular flexibility index (Phi) is 6.48. The molecule has 1 unspecified atom stereocenters. The number of hydrogen-bond acceptors (Lipinski definition) is 0. The second-order valence-corrected chi connectivity index (χ2v) is 5.95. The van der Waals surface area contributed by atoms with Crippen LogP contribution >= 0.6 is 10.5 Å². The van der Waals surface area contributed by atoms with Gasteiger partial charge in [0.15, 0.2) is 0 Å². The van der Waals surface area contributed by atoms with E-state index in [4.69, 9.17) is 0 Å². The molecule has 3 heteroatoms. The van der Waals surface area contributed by atoms with Crippen LogP contribution in [0, 0.1) is 0 Å². The topological polar surface area (TPSA) is 23.5 Å². The monoisotopic (exact) mass is 253 g/mol. The van der Waals surface area contributed by atoms with Crippen LogP contribution in [0.3, 0.4) is 0 Å². The van der Waals surface area contributed by atoms with Crippen LogP contribution in [-0.2, 0) is 0 Å². The molecule has 0 heterocycles. The van der Waals surface area contributed by atoms with Gasteiger partial charge in [-0.3, -0.25) is 4.90 Å². The lowest BCUT2D eigenvalue weighted by Gasteiger charge is -2.22. The molecule has 1 aromatic carbocycles. The van der Waals surface area contributed by atoms with E-state index in [9.17, 15) is 5.11 Å². The molecule has 1 aromatic rings. The van der Waals surface area contributed by atoms with Gasteiger partial charge in [-0.1, -0.05) is 32.0 Å². The molecule has 17 heavy (non-hydrogen) atoms. The van der Waals surface area contributed by atoms with Crippen molar-refractivity contribution in [2.45, 2.75) is 31.6 Å². The fourth-order valence-electron chi connectivity index (χ4n) is 1.77. The maximum atomic E-state index is 10.3. The largest absolute Gasteiger partial charge is 0.346 e. The highest BCUT2D eigenvalue weighted by Crippen LogP contribution is 2.24. The Morgan fingerprint density at radius 3 is 2.12 bits per heavy atom. The SMILES string of the molecule is CCCN(CCC)C(O)=S(C)c1ccccc1. The molecule has 0 saturated heterocycles. The van der Waals surface area contributed by atoms with Crippen molar-refractivity contribution in [3.63, 3.8) is 0 Å². The molecule has 0 spiro atoms. The first-order valence-corrected chi connectivity index (χ1v) is 7.85. The lowest BCUT2D eigenvalue weighted by Crippen LogP contribution is -2.32. The number of hydrogen-bond donors (Lipinski definition) is 1. The van der Waals surface area contributed by atoms with Gasteiger partial charge in [0, 0.05) is 18.0 Å². The van der Waals surface area contributed by atoms with Crippen LogP contribution in [0.25, 0.3) is 0 Å². The van der Waals surface area contributed by atoms with Gasteiger partial charge in [-0.2, -0.15) is 0 Å². The lowest BCUT2D eigenvalue weighted by atomic mass is 10.4. The van der Waals surface area contributed by atoms with E-state index in [0.29, 0.717) is 5.17 Å². The minimum absolute atomic E-state index is 0.213. The van der Waals surface area contributed by atoms with Crippen LogP contribution in [0.1, 0.15) is 26.7 Å². The number of aliphatic hydroxyl groups excluding tert-OH is 1. The summed E-state index contributed by atoms with van der Waals surface area (Å²) >= 11 is 0. The van der Waals surface area contributed by atoms with Gasteiger partial charge < -0.3 is 5.11 Å². The zero-order chi connectivity index (χ0) is 12.7. The molecule has 0 aromatic heterocycles. The van der Waals surface area contributed by atoms with Crippen LogP contribution in [-0.4, -0.2) is 34.5 Å². The van der Waals surface area contributed by atoms with E-state index in [0.717, 1.165) is 25.9 Å². The molecule has 0 aliphatic heterocycles. The van der Waals surface area contributed by atoms with Gasteiger partial charge in [0.1, 0.15) is 5.17 Å². The minimum Gasteiger partial charge on any atom is -0.346 e. The van der Waals surface area contributed by atoms with Crippen molar-refractivity contribution < 1.29 is 5.11 Å². The summed E-state index contributed by atoms with van der Waals surface area (Å²) in [6.45, 7) is 6.16. The lowest BCUT2D eigenvalue weighted by molar-refractivity contribution is 0.343. The normalized spacial score (nSPS) is 13.8. The average Bonchev–Trinajstić information content (AvgIpc) is 2.38. The van der Waals surface area contributed by atoms with Gasteiger partial charge in [-0.25, -0.2) is 0 Å². The molecule has 1 N–H and O–H groups in total. The molecular formula is C14H23NOS. The molecule has 1 atom stereocenters. The highest BCUT2D eigenvalue weighted by atomic mass is 32.2. The van der Waals surface area contributed by atoms with E-state index in [1.807, 2.05) is 18.2 Å². The maximum absolute atomic E-state index is 10.3. The average molecular weight is 253 g/mol. The third kappa shape index (κ3) is 4.26. The summed E-state index contributed by atoms with van der Waals surface area (Å²) in [5.41, 5.74) is 0. The van der Waals surface area contributed by atoms with Crippen LogP contribution in [0.15, 0.2) is 35.2 Å². The van der Waals surface area contributed by atoms with Crippen LogP contribution in [0.5, 0.6) is 0 Å². The second kappa shape index (κ2) is 7.64. The van der Waals surface area contributed by atoms with Crippen molar-refractivity contribution in [3.8, 4) is 0 Å². The highest BCUT2D eigenvalue weighted by molar-refractivity contribution is 8.15. The van der Waals surface area contributed by atoms with Gasteiger partial charge in [-0.05, 0) is 31.2 Å². The molecule has 0 amide bonds. The summed E-state index contributed by atoms with van der Waals surface area (Å²) in [5, 5.41) is 10.9. The van der Waals surface area contributed by atoms with Gasteiger partial charge in [0.2, 0.25) is 0 Å². The highest BCUT2D eigenvalue weighted by Gasteiger charge is 2.10. The second-order valence-electron chi connectivity index (χ2n) is 4.09. The predicted molar refractivity (Wildman–Crippen MR) is 78.0 cm³/mol. The third-order valence-corrected chi connectivity index (χ3v) is 4.41. The zero-order valence-corrected chi connectivity index (χ0v) is 11.8. The molecule has 0 aliphatic carbocycles. The third-order valence-electron chi connectivity index (χ3n) is 2.63. The van der Waals surface area contributed by atoms with Crippen molar-refractivity contribution in [2.75, 3.05) is 19.3 Å². The smallest absolute Gasteiger partial charge is 0.149 e.